The van der Waals surface area contributed by atoms with E-state index >= 15 is 0 Å². The van der Waals surface area contributed by atoms with Gasteiger partial charge in [0.2, 0.25) is 0 Å². The van der Waals surface area contributed by atoms with Gasteiger partial charge in [0.05, 0.1) is 21.9 Å². The van der Waals surface area contributed by atoms with Crippen molar-refractivity contribution in [3.63, 3.8) is 0 Å². The third-order valence-electron chi connectivity index (χ3n) is 3.35. The first-order valence-electron chi connectivity index (χ1n) is 7.63. The number of carbonyl (C=O) groups excluding carboxylic acids is 1. The van der Waals surface area contributed by atoms with E-state index in [0.717, 1.165) is 18.2 Å². The Morgan fingerprint density at radius 2 is 1.82 bits per heavy atom. The summed E-state index contributed by atoms with van der Waals surface area (Å²) in [6.45, 7) is 0. The van der Waals surface area contributed by atoms with Gasteiger partial charge >= 0.3 is 12.1 Å². The maximum atomic E-state index is 12.7. The lowest BCUT2D eigenvalue weighted by atomic mass is 10.1. The molecule has 0 atom stereocenters. The smallest absolute Gasteiger partial charge is 0.384 e. The summed E-state index contributed by atoms with van der Waals surface area (Å²) in [6.07, 6.45) is -4.59. The molecule has 0 fully saturated rings. The number of rotatable bonds is 6. The molecule has 0 aliphatic carbocycles. The molecule has 2 aromatic carbocycles. The molecule has 0 radical (unpaired) electrons. The average molecular weight is 435 g/mol. The number of benzene rings is 2. The molecule has 2 N–H and O–H groups in total. The quantitative estimate of drug-likeness (QED) is 0.325. The van der Waals surface area contributed by atoms with E-state index in [4.69, 9.17) is 17.3 Å². The SMILES string of the molecule is N/C(CS(=O)(=O)Cc1cccc(C(F)(F)F)c1)=N\OC(=O)c1ccccc1Cl. The van der Waals surface area contributed by atoms with Gasteiger partial charge in [-0.1, -0.05) is 47.1 Å². The van der Waals surface area contributed by atoms with Crippen molar-refractivity contribution in [1.82, 2.24) is 0 Å². The lowest BCUT2D eigenvalue weighted by molar-refractivity contribution is -0.137. The maximum absolute atomic E-state index is 12.7. The van der Waals surface area contributed by atoms with Gasteiger partial charge < -0.3 is 10.6 Å². The summed E-state index contributed by atoms with van der Waals surface area (Å²) in [6, 6.07) is 9.88. The van der Waals surface area contributed by atoms with Gasteiger partial charge in [-0.15, -0.1) is 0 Å². The highest BCUT2D eigenvalue weighted by molar-refractivity contribution is 7.91. The molecule has 0 bridgehead atoms. The van der Waals surface area contributed by atoms with Crippen LogP contribution in [0.3, 0.4) is 0 Å². The summed E-state index contributed by atoms with van der Waals surface area (Å²) in [5.74, 6) is -2.97. The van der Waals surface area contributed by atoms with Crippen LogP contribution >= 0.6 is 11.6 Å². The largest absolute Gasteiger partial charge is 0.416 e. The van der Waals surface area contributed by atoms with Gasteiger partial charge in [0.1, 0.15) is 5.75 Å². The Morgan fingerprint density at radius 3 is 2.46 bits per heavy atom. The summed E-state index contributed by atoms with van der Waals surface area (Å²) in [7, 11) is -3.96. The molecule has 0 unspecified atom stereocenters. The van der Waals surface area contributed by atoms with Crippen LogP contribution in [0.1, 0.15) is 21.5 Å². The van der Waals surface area contributed by atoms with E-state index in [9.17, 15) is 26.4 Å². The number of halogens is 4. The number of hydrogen-bond donors (Lipinski definition) is 1. The molecule has 0 saturated carbocycles. The Balaban J connectivity index is 2.04. The first-order chi connectivity index (χ1) is 13.0. The van der Waals surface area contributed by atoms with E-state index in [1.54, 1.807) is 6.07 Å². The third kappa shape index (κ3) is 6.24. The molecular formula is C17H14ClF3N2O4S. The van der Waals surface area contributed by atoms with Crippen molar-refractivity contribution >= 4 is 33.2 Å². The van der Waals surface area contributed by atoms with Gasteiger partial charge in [0, 0.05) is 0 Å². The monoisotopic (exact) mass is 434 g/mol. The minimum atomic E-state index is -4.59. The predicted molar refractivity (Wildman–Crippen MR) is 97.4 cm³/mol. The van der Waals surface area contributed by atoms with Crippen LogP contribution in [-0.4, -0.2) is 26.0 Å². The fraction of sp³-hybridized carbons (Fsp3) is 0.176. The van der Waals surface area contributed by atoms with Crippen molar-refractivity contribution in [1.29, 1.82) is 0 Å². The van der Waals surface area contributed by atoms with Crippen LogP contribution in [0.5, 0.6) is 0 Å². The van der Waals surface area contributed by atoms with Gasteiger partial charge in [-0.3, -0.25) is 0 Å². The lowest BCUT2D eigenvalue weighted by Crippen LogP contribution is -2.25. The third-order valence-corrected chi connectivity index (χ3v) is 5.19. The predicted octanol–water partition coefficient (Wildman–Crippen LogP) is 3.40. The van der Waals surface area contributed by atoms with Crippen LogP contribution in [0.15, 0.2) is 53.7 Å². The number of alkyl halides is 3. The zero-order chi connectivity index (χ0) is 20.9. The molecule has 150 valence electrons. The van der Waals surface area contributed by atoms with E-state index in [2.05, 4.69) is 9.99 Å². The van der Waals surface area contributed by atoms with Gasteiger partial charge in [-0.25, -0.2) is 13.2 Å². The fourth-order valence-corrected chi connectivity index (χ4v) is 3.68. The van der Waals surface area contributed by atoms with Crippen LogP contribution in [0, 0.1) is 0 Å². The van der Waals surface area contributed by atoms with Crippen molar-refractivity contribution in [2.24, 2.45) is 10.9 Å². The van der Waals surface area contributed by atoms with E-state index in [0.29, 0.717) is 0 Å². The number of nitrogens with two attached hydrogens (primary N) is 1. The van der Waals surface area contributed by atoms with Gasteiger partial charge in [0.25, 0.3) is 0 Å². The first-order valence-corrected chi connectivity index (χ1v) is 9.82. The van der Waals surface area contributed by atoms with E-state index in [1.807, 2.05) is 0 Å². The molecule has 0 heterocycles. The number of hydrogen-bond acceptors (Lipinski definition) is 5. The van der Waals surface area contributed by atoms with Crippen LogP contribution in [0.4, 0.5) is 13.2 Å². The van der Waals surface area contributed by atoms with E-state index < -0.39 is 44.9 Å². The second kappa shape index (κ2) is 8.61. The van der Waals surface area contributed by atoms with Gasteiger partial charge in [0.15, 0.2) is 15.7 Å². The summed E-state index contributed by atoms with van der Waals surface area (Å²) in [5.41, 5.74) is 4.44. The number of nitrogens with zero attached hydrogens (tertiary/aromatic N) is 1. The molecule has 0 aliphatic heterocycles. The zero-order valence-electron chi connectivity index (χ0n) is 14.1. The number of oxime groups is 1. The molecule has 0 saturated heterocycles. The molecule has 0 amide bonds. The summed E-state index contributed by atoms with van der Waals surface area (Å²) >= 11 is 5.82. The normalized spacial score (nSPS) is 12.6. The molecule has 2 rings (SSSR count). The minimum absolute atomic E-state index is 0.00698. The van der Waals surface area contributed by atoms with Crippen molar-refractivity contribution in [3.8, 4) is 0 Å². The van der Waals surface area contributed by atoms with Crippen molar-refractivity contribution in [3.05, 3.63) is 70.2 Å². The Labute approximate surface area is 163 Å². The van der Waals surface area contributed by atoms with Crippen molar-refractivity contribution in [2.45, 2.75) is 11.9 Å². The van der Waals surface area contributed by atoms with Crippen LogP contribution in [0.2, 0.25) is 5.02 Å². The molecule has 0 spiro atoms. The molecule has 2 aromatic rings. The van der Waals surface area contributed by atoms with Gasteiger partial charge in [-0.05, 0) is 23.8 Å². The number of amidine groups is 1. The van der Waals surface area contributed by atoms with Crippen LogP contribution < -0.4 is 5.73 Å². The average Bonchev–Trinajstić information content (AvgIpc) is 2.58. The molecule has 0 aromatic heterocycles. The fourth-order valence-electron chi connectivity index (χ4n) is 2.17. The first kappa shape index (κ1) is 21.7. The van der Waals surface area contributed by atoms with Crippen LogP contribution in [-0.2, 0) is 26.6 Å². The van der Waals surface area contributed by atoms with Gasteiger partial charge in [-0.2, -0.15) is 13.2 Å². The second-order valence-corrected chi connectivity index (χ2v) is 8.14. The summed E-state index contributed by atoms with van der Waals surface area (Å²) in [5, 5.41) is 3.36. The maximum Gasteiger partial charge on any atom is 0.416 e. The Kier molecular flexibility index (Phi) is 6.68. The number of carbonyl (C=O) groups is 1. The van der Waals surface area contributed by atoms with E-state index in [-0.39, 0.29) is 16.1 Å². The topological polar surface area (TPSA) is 98.8 Å². The highest BCUT2D eigenvalue weighted by atomic mass is 35.5. The summed E-state index contributed by atoms with van der Waals surface area (Å²) in [4.78, 5) is 16.4. The summed E-state index contributed by atoms with van der Waals surface area (Å²) < 4.78 is 62.4. The Bertz CT molecular complexity index is 1010. The number of sulfone groups is 1. The lowest BCUT2D eigenvalue weighted by Gasteiger charge is -2.09. The van der Waals surface area contributed by atoms with Crippen molar-refractivity contribution < 1.29 is 31.2 Å². The highest BCUT2D eigenvalue weighted by Gasteiger charge is 2.30. The molecule has 0 aliphatic rings. The second-order valence-electron chi connectivity index (χ2n) is 5.67. The zero-order valence-corrected chi connectivity index (χ0v) is 15.7. The Hall–Kier alpha value is -2.59. The molecular weight excluding hydrogens is 421 g/mol. The molecule has 6 nitrogen and oxygen atoms in total. The highest BCUT2D eigenvalue weighted by Crippen LogP contribution is 2.29. The Morgan fingerprint density at radius 1 is 1.14 bits per heavy atom. The van der Waals surface area contributed by atoms with Crippen LogP contribution in [0.25, 0.3) is 0 Å². The molecule has 28 heavy (non-hydrogen) atoms. The van der Waals surface area contributed by atoms with Crippen molar-refractivity contribution in [2.75, 3.05) is 5.75 Å². The van der Waals surface area contributed by atoms with E-state index in [1.165, 1.54) is 24.3 Å². The standard InChI is InChI=1S/C17H14ClF3N2O4S/c18-14-7-2-1-6-13(14)16(24)27-23-15(22)10-28(25,26)9-11-4-3-5-12(8-11)17(19,20)21/h1-8H,9-10H2,(H2,22,23). The minimum Gasteiger partial charge on any atom is -0.384 e. The molecule has 11 heteroatoms.